The lowest BCUT2D eigenvalue weighted by atomic mass is 9.93. The van der Waals surface area contributed by atoms with E-state index in [0.29, 0.717) is 31.6 Å². The van der Waals surface area contributed by atoms with Crippen LogP contribution in [0.15, 0.2) is 24.3 Å². The second kappa shape index (κ2) is 6.85. The molecule has 1 saturated heterocycles. The largest absolute Gasteiger partial charge is 0.381 e. The highest BCUT2D eigenvalue weighted by Gasteiger charge is 2.36. The van der Waals surface area contributed by atoms with Crippen LogP contribution in [0.1, 0.15) is 25.8 Å². The summed E-state index contributed by atoms with van der Waals surface area (Å²) in [5.74, 6) is -0.525. The summed E-state index contributed by atoms with van der Waals surface area (Å²) in [6, 6.07) is 6.34. The summed E-state index contributed by atoms with van der Waals surface area (Å²) in [6.45, 7) is 4.36. The molecule has 1 aliphatic rings. The van der Waals surface area contributed by atoms with Crippen molar-refractivity contribution in [3.63, 3.8) is 0 Å². The van der Waals surface area contributed by atoms with E-state index in [1.165, 1.54) is 6.07 Å². The molecule has 0 spiro atoms. The molecular weight excluding hydrogens is 293 g/mol. The molecule has 6 heteroatoms. The highest BCUT2D eigenvalue weighted by Crippen LogP contribution is 2.26. The fraction of sp³-hybridized carbons (Fsp3) is 0.600. The first kappa shape index (κ1) is 16.4. The quantitative estimate of drug-likeness (QED) is 0.905. The Morgan fingerprint density at radius 2 is 2.10 bits per heavy atom. The van der Waals surface area contributed by atoms with Gasteiger partial charge in [0.2, 0.25) is 10.0 Å². The maximum absolute atomic E-state index is 13.8. The van der Waals surface area contributed by atoms with Crippen molar-refractivity contribution < 1.29 is 17.5 Å². The van der Waals surface area contributed by atoms with E-state index in [1.54, 1.807) is 32.0 Å². The number of sulfonamides is 1. The summed E-state index contributed by atoms with van der Waals surface area (Å²) in [5, 5.41) is -0.534. The van der Waals surface area contributed by atoms with Crippen LogP contribution in [-0.2, 0) is 21.2 Å². The Labute approximate surface area is 125 Å². The molecule has 1 aliphatic heterocycles. The third-order valence-corrected chi connectivity index (χ3v) is 5.86. The molecule has 4 nitrogen and oxygen atoms in total. The summed E-state index contributed by atoms with van der Waals surface area (Å²) >= 11 is 0. The number of nitrogens with one attached hydrogen (secondary N) is 1. The summed E-state index contributed by atoms with van der Waals surface area (Å²) < 4.78 is 46.7. The van der Waals surface area contributed by atoms with Crippen LogP contribution in [0.4, 0.5) is 4.39 Å². The van der Waals surface area contributed by atoms with Gasteiger partial charge in [-0.05, 0) is 38.3 Å². The molecule has 118 valence electrons. The molecule has 1 fully saturated rings. The molecule has 1 N–H and O–H groups in total. The predicted molar refractivity (Wildman–Crippen MR) is 80.0 cm³/mol. The third kappa shape index (κ3) is 4.25. The average Bonchev–Trinajstić information content (AvgIpc) is 2.40. The molecule has 0 saturated carbocycles. The van der Waals surface area contributed by atoms with E-state index in [-0.39, 0.29) is 17.8 Å². The molecule has 21 heavy (non-hydrogen) atoms. The van der Waals surface area contributed by atoms with Gasteiger partial charge in [0.25, 0.3) is 0 Å². The molecule has 0 radical (unpaired) electrons. The van der Waals surface area contributed by atoms with Crippen LogP contribution in [0.3, 0.4) is 0 Å². The van der Waals surface area contributed by atoms with E-state index < -0.39 is 15.3 Å². The smallest absolute Gasteiger partial charge is 0.215 e. The first-order valence-corrected chi connectivity index (χ1v) is 8.77. The number of ether oxygens (including phenoxy) is 1. The fourth-order valence-corrected chi connectivity index (χ4v) is 4.66. The Bertz CT molecular complexity index is 574. The summed E-state index contributed by atoms with van der Waals surface area (Å²) in [5.41, 5.74) is 0.540. The zero-order valence-corrected chi connectivity index (χ0v) is 13.2. The predicted octanol–water partition coefficient (Wildman–Crippen LogP) is 2.10. The maximum atomic E-state index is 13.8. The lowest BCUT2D eigenvalue weighted by Gasteiger charge is -2.32. The summed E-state index contributed by atoms with van der Waals surface area (Å²) in [7, 11) is -3.42. The van der Waals surface area contributed by atoms with Gasteiger partial charge in [0.1, 0.15) is 5.82 Å². The van der Waals surface area contributed by atoms with Crippen molar-refractivity contribution in [2.24, 2.45) is 5.92 Å². The van der Waals surface area contributed by atoms with E-state index in [2.05, 4.69) is 4.72 Å². The van der Waals surface area contributed by atoms with Gasteiger partial charge in [0, 0.05) is 18.6 Å². The van der Waals surface area contributed by atoms with Gasteiger partial charge in [-0.3, -0.25) is 0 Å². The van der Waals surface area contributed by atoms with Crippen LogP contribution in [0.5, 0.6) is 0 Å². The second-order valence-corrected chi connectivity index (χ2v) is 7.71. The molecule has 1 heterocycles. The van der Waals surface area contributed by atoms with E-state index in [1.807, 2.05) is 0 Å². The van der Waals surface area contributed by atoms with E-state index in [0.717, 1.165) is 0 Å². The Balaban J connectivity index is 2.18. The minimum absolute atomic E-state index is 0.146. The van der Waals surface area contributed by atoms with Crippen molar-refractivity contribution >= 4 is 10.0 Å². The molecule has 0 aliphatic carbocycles. The average molecular weight is 315 g/mol. The van der Waals surface area contributed by atoms with E-state index in [4.69, 9.17) is 4.74 Å². The topological polar surface area (TPSA) is 55.4 Å². The van der Waals surface area contributed by atoms with E-state index >= 15 is 0 Å². The number of hydrogen-bond donors (Lipinski definition) is 1. The molecule has 2 rings (SSSR count). The van der Waals surface area contributed by atoms with Crippen LogP contribution in [0, 0.1) is 11.7 Å². The van der Waals surface area contributed by atoms with Gasteiger partial charge < -0.3 is 4.74 Å². The van der Waals surface area contributed by atoms with Gasteiger partial charge in [0.15, 0.2) is 0 Å². The van der Waals surface area contributed by atoms with Gasteiger partial charge in [-0.1, -0.05) is 18.2 Å². The van der Waals surface area contributed by atoms with Crippen molar-refractivity contribution in [1.82, 2.24) is 4.72 Å². The molecule has 0 aromatic heterocycles. The van der Waals surface area contributed by atoms with Crippen LogP contribution in [0.2, 0.25) is 0 Å². The molecular formula is C15H22FNO3S. The van der Waals surface area contributed by atoms with Gasteiger partial charge in [0.05, 0.1) is 11.9 Å². The highest BCUT2D eigenvalue weighted by molar-refractivity contribution is 7.90. The highest BCUT2D eigenvalue weighted by atomic mass is 32.2. The Morgan fingerprint density at radius 1 is 1.38 bits per heavy atom. The zero-order valence-electron chi connectivity index (χ0n) is 12.4. The Kier molecular flexibility index (Phi) is 5.35. The van der Waals surface area contributed by atoms with Crippen LogP contribution >= 0.6 is 0 Å². The van der Waals surface area contributed by atoms with Crippen molar-refractivity contribution in [2.75, 3.05) is 13.2 Å². The summed E-state index contributed by atoms with van der Waals surface area (Å²) in [6.07, 6.45) is 0.817. The SMILES string of the molecule is CC(C)NS(=O)(=O)C1CCOCC1Cc1ccccc1F. The monoisotopic (exact) mass is 315 g/mol. The van der Waals surface area contributed by atoms with Crippen LogP contribution < -0.4 is 4.72 Å². The minimum atomic E-state index is -3.42. The lowest BCUT2D eigenvalue weighted by molar-refractivity contribution is 0.0567. The van der Waals surface area contributed by atoms with E-state index in [9.17, 15) is 12.8 Å². The molecule has 0 amide bonds. The molecule has 2 unspecified atom stereocenters. The van der Waals surface area contributed by atoms with Crippen molar-refractivity contribution in [1.29, 1.82) is 0 Å². The first-order valence-electron chi connectivity index (χ1n) is 7.22. The zero-order chi connectivity index (χ0) is 15.5. The van der Waals surface area contributed by atoms with Crippen LogP contribution in [0.25, 0.3) is 0 Å². The molecule has 2 atom stereocenters. The number of rotatable bonds is 5. The normalized spacial score (nSPS) is 23.4. The lowest BCUT2D eigenvalue weighted by Crippen LogP contribution is -2.46. The van der Waals surface area contributed by atoms with Gasteiger partial charge in [-0.15, -0.1) is 0 Å². The van der Waals surface area contributed by atoms with Gasteiger partial charge in [-0.25, -0.2) is 17.5 Å². The standard InChI is InChI=1S/C15H22FNO3S/c1-11(2)17-21(18,19)15-7-8-20-10-13(15)9-12-5-3-4-6-14(12)16/h3-6,11,13,15,17H,7-10H2,1-2H3. The number of halogens is 1. The van der Waals surface area contributed by atoms with Crippen molar-refractivity contribution in [3.8, 4) is 0 Å². The number of benzene rings is 1. The number of hydrogen-bond acceptors (Lipinski definition) is 3. The Morgan fingerprint density at radius 3 is 2.76 bits per heavy atom. The van der Waals surface area contributed by atoms with Crippen LogP contribution in [-0.4, -0.2) is 32.9 Å². The molecule has 1 aromatic rings. The first-order chi connectivity index (χ1) is 9.90. The second-order valence-electron chi connectivity index (χ2n) is 5.78. The summed E-state index contributed by atoms with van der Waals surface area (Å²) in [4.78, 5) is 0. The fourth-order valence-electron chi connectivity index (χ4n) is 2.74. The van der Waals surface area contributed by atoms with Crippen molar-refractivity contribution in [3.05, 3.63) is 35.6 Å². The van der Waals surface area contributed by atoms with Gasteiger partial charge >= 0.3 is 0 Å². The molecule has 1 aromatic carbocycles. The third-order valence-electron chi connectivity index (χ3n) is 3.64. The van der Waals surface area contributed by atoms with Gasteiger partial charge in [-0.2, -0.15) is 0 Å². The Hall–Kier alpha value is -0.980. The molecule has 0 bridgehead atoms. The maximum Gasteiger partial charge on any atom is 0.215 e. The minimum Gasteiger partial charge on any atom is -0.381 e. The van der Waals surface area contributed by atoms with Crippen molar-refractivity contribution in [2.45, 2.75) is 38.0 Å².